The number of anilines is 1. The van der Waals surface area contributed by atoms with Crippen LogP contribution in [0.3, 0.4) is 0 Å². The number of hydrogen-bond acceptors (Lipinski definition) is 17. The van der Waals surface area contributed by atoms with Crippen molar-refractivity contribution in [3.8, 4) is 34.3 Å². The van der Waals surface area contributed by atoms with Gasteiger partial charge in [0.1, 0.15) is 0 Å². The maximum atomic E-state index is 8.26. The summed E-state index contributed by atoms with van der Waals surface area (Å²) in [6.07, 6.45) is 3.64. The van der Waals surface area contributed by atoms with Crippen LogP contribution in [0, 0.1) is 13.8 Å². The van der Waals surface area contributed by atoms with Gasteiger partial charge in [-0.25, -0.2) is 9.97 Å². The molecule has 6 N–H and O–H groups in total. The van der Waals surface area contributed by atoms with E-state index in [0.717, 1.165) is 55.2 Å². The molecule has 0 aliphatic rings. The number of nitrogens with one attached hydrogen (secondary N) is 1. The van der Waals surface area contributed by atoms with Crippen molar-refractivity contribution in [2.24, 2.45) is 15.8 Å². The topological polar surface area (TPSA) is 213 Å². The van der Waals surface area contributed by atoms with Gasteiger partial charge in [-0.05, 0) is 125 Å². The third-order valence-electron chi connectivity index (χ3n) is 12.6. The van der Waals surface area contributed by atoms with Crippen LogP contribution in [0.1, 0.15) is 104 Å². The fourth-order valence-corrected chi connectivity index (χ4v) is 8.70. The van der Waals surface area contributed by atoms with Gasteiger partial charge >= 0.3 is 24.8 Å². The van der Waals surface area contributed by atoms with Crippen LogP contribution in [0.15, 0.2) is 57.6 Å². The first-order chi connectivity index (χ1) is 34.8. The zero-order valence-electron chi connectivity index (χ0n) is 50.2. The van der Waals surface area contributed by atoms with Gasteiger partial charge < -0.3 is 54.4 Å². The van der Waals surface area contributed by atoms with E-state index in [1.807, 2.05) is 43.5 Å². The van der Waals surface area contributed by atoms with Gasteiger partial charge in [0.15, 0.2) is 16.6 Å². The summed E-state index contributed by atoms with van der Waals surface area (Å²) in [5.41, 5.74) is 19.7. The zero-order valence-corrected chi connectivity index (χ0v) is 56.3. The number of aliphatic hydroxyl groups excluding tert-OH is 1. The number of nitrogens with two attached hydrogens (primary N) is 2. The van der Waals surface area contributed by atoms with E-state index in [0.29, 0.717) is 56.6 Å². The van der Waals surface area contributed by atoms with Crippen LogP contribution < -0.4 is 26.3 Å². The second-order valence-corrected chi connectivity index (χ2v) is 32.5. The molecule has 3 atom stereocenters. The molecule has 4 rings (SSSR count). The van der Waals surface area contributed by atoms with E-state index in [1.165, 1.54) is 0 Å². The second kappa shape index (κ2) is 38.9. The van der Waals surface area contributed by atoms with Gasteiger partial charge in [0.25, 0.3) is 0 Å². The molecule has 4 aromatic rings. The second-order valence-electron chi connectivity index (χ2n) is 21.8. The van der Waals surface area contributed by atoms with Crippen molar-refractivity contribution in [3.05, 3.63) is 75.8 Å². The molecular formula is C54H97BBrCl2N8O8SSi2. The number of hydrogen-bond donors (Lipinski definition) is 5. The number of aromatic nitrogens is 4. The molecule has 0 bridgehead atoms. The summed E-state index contributed by atoms with van der Waals surface area (Å²) in [4.78, 5) is 18.4. The molecule has 0 fully saturated rings. The summed E-state index contributed by atoms with van der Waals surface area (Å²) < 4.78 is 42.0. The van der Waals surface area contributed by atoms with E-state index in [4.69, 9.17) is 49.4 Å². The SMILES string of the molecule is COC[C@@H](CO[Si](C)(C)C(C)(C)C)Nc1cnc(-c2ccc(C(C)C)nc2OC)c(C)c1.COC[C@H](N)CO.COC[C@H](N)CO[Si](C)(C)C(C)(C)C.COc1nc(C(C)C)ccc1-c1ncc(Br)cc1C.Cl.Cl.[B]=NS. The standard InChI is InChI=1S/C25H41N3O3Si.C15H17BrN2O.C10H25NO2Si.C4H11NO2.BHNS.2ClH/c1-17(2)22-12-11-21(24(28-22)30-8)23-18(3)13-19(14-26-23)27-20(15-29-7)16-31-32(9,10)25(4,5)6;1-9(2)13-6-5-12(15(18-13)19-4)14-10(3)7-11(16)8-17-14;1-10(2,3)14(5,6)13-8-9(11)7-12-4;1-7-3-4(5)2-6;1-2-3;;/h11-14,17,20,27H,15-16H2,1-10H3;5-9H,1-4H3;9H,7-8,11H2,1-6H3;4,6H,2-3,5H2,1H3;3H;2*1H/t20-;;9-;4-;;;/m0.01.../s1. The van der Waals surface area contributed by atoms with Crippen molar-refractivity contribution in [2.75, 3.05) is 80.5 Å². The van der Waals surface area contributed by atoms with Crippen molar-refractivity contribution >= 4 is 83.5 Å². The van der Waals surface area contributed by atoms with Crippen LogP contribution in [0.5, 0.6) is 11.8 Å². The molecular weight excluding hydrogens is 1140 g/mol. The van der Waals surface area contributed by atoms with Gasteiger partial charge in [-0.1, -0.05) is 69.2 Å². The Kier molecular flexibility index (Phi) is 39.7. The molecule has 0 aromatic carbocycles. The molecule has 0 aliphatic carbocycles. The molecule has 0 saturated carbocycles. The van der Waals surface area contributed by atoms with Crippen LogP contribution in [-0.2, 0) is 23.1 Å². The zero-order chi connectivity index (χ0) is 57.9. The first-order valence-corrected chi connectivity index (χ1v) is 32.2. The summed E-state index contributed by atoms with van der Waals surface area (Å²) in [5.74, 6) is 1.95. The van der Waals surface area contributed by atoms with Gasteiger partial charge in [0, 0.05) is 43.4 Å². The monoisotopic (exact) mass is 1230 g/mol. The molecule has 1 radical (unpaired) electrons. The van der Waals surface area contributed by atoms with Crippen molar-refractivity contribution < 1.29 is 37.6 Å². The predicted octanol–water partition coefficient (Wildman–Crippen LogP) is 12.3. The van der Waals surface area contributed by atoms with E-state index >= 15 is 0 Å². The normalized spacial score (nSPS) is 12.5. The van der Waals surface area contributed by atoms with Crippen molar-refractivity contribution in [3.63, 3.8) is 0 Å². The van der Waals surface area contributed by atoms with Crippen LogP contribution in [0.4, 0.5) is 5.69 Å². The molecule has 0 unspecified atom stereocenters. The quantitative estimate of drug-likeness (QED) is 0.0388. The number of pyridine rings is 4. The predicted molar refractivity (Wildman–Crippen MR) is 337 cm³/mol. The van der Waals surface area contributed by atoms with E-state index in [9.17, 15) is 0 Å². The van der Waals surface area contributed by atoms with Gasteiger partial charge in [-0.3, -0.25) is 9.97 Å². The minimum atomic E-state index is -1.83. The fourth-order valence-electron chi connectivity index (χ4n) is 6.14. The van der Waals surface area contributed by atoms with Crippen LogP contribution in [0.25, 0.3) is 22.5 Å². The Hall–Kier alpha value is -2.61. The van der Waals surface area contributed by atoms with E-state index in [1.54, 1.807) is 41.7 Å². The Morgan fingerprint density at radius 3 is 1.39 bits per heavy atom. The molecule has 4 aromatic heterocycles. The van der Waals surface area contributed by atoms with Crippen LogP contribution >= 0.6 is 53.6 Å². The summed E-state index contributed by atoms with van der Waals surface area (Å²) >= 11 is 6.62. The van der Waals surface area contributed by atoms with Gasteiger partial charge in [0.2, 0.25) is 11.8 Å². The fraction of sp³-hybridized carbons (Fsp3) is 0.630. The number of ether oxygens (including phenoxy) is 5. The number of nitrogens with zero attached hydrogens (tertiary/aromatic N) is 5. The molecule has 23 heteroatoms. The summed E-state index contributed by atoms with van der Waals surface area (Å²) in [7, 11) is 9.09. The summed E-state index contributed by atoms with van der Waals surface area (Å²) in [5, 5.41) is 12.2. The van der Waals surface area contributed by atoms with Crippen LogP contribution in [0.2, 0.25) is 36.3 Å². The maximum absolute atomic E-state index is 8.26. The number of halogens is 3. The summed E-state index contributed by atoms with van der Waals surface area (Å²) in [6, 6.07) is 12.1. The van der Waals surface area contributed by atoms with Crippen LogP contribution in [-0.4, -0.2) is 143 Å². The van der Waals surface area contributed by atoms with E-state index < -0.39 is 16.6 Å². The molecule has 0 amide bonds. The van der Waals surface area contributed by atoms with Gasteiger partial charge in [0.05, 0.1) is 106 Å². The third-order valence-corrected chi connectivity index (χ3v) is 22.1. The Balaban J connectivity index is -0.00000103. The number of aliphatic hydroxyl groups is 1. The first-order valence-electron chi connectivity index (χ1n) is 25.2. The molecule has 0 aliphatic heterocycles. The average Bonchev–Trinajstić information content (AvgIpc) is 3.33. The Labute approximate surface area is 493 Å². The molecule has 4 heterocycles. The molecule has 77 heavy (non-hydrogen) atoms. The number of methoxy groups -OCH3 is 5. The number of aryl methyl sites for hydroxylation is 2. The van der Waals surface area contributed by atoms with E-state index in [2.05, 4.69) is 174 Å². The van der Waals surface area contributed by atoms with E-state index in [-0.39, 0.29) is 59.6 Å². The summed E-state index contributed by atoms with van der Waals surface area (Å²) in [6.45, 7) is 37.7. The number of rotatable bonds is 21. The van der Waals surface area contributed by atoms with Crippen molar-refractivity contribution in [1.82, 2.24) is 19.9 Å². The molecule has 16 nitrogen and oxygen atoms in total. The average molecular weight is 1240 g/mol. The Bertz CT molecular complexity index is 2270. The molecule has 439 valence electrons. The minimum absolute atomic E-state index is 0. The third kappa shape index (κ3) is 28.6. The van der Waals surface area contributed by atoms with Crippen molar-refractivity contribution in [2.45, 2.75) is 149 Å². The first kappa shape index (κ1) is 78.6. The van der Waals surface area contributed by atoms with Crippen molar-refractivity contribution in [1.29, 1.82) is 0 Å². The van der Waals surface area contributed by atoms with Gasteiger partial charge in [-0.15, -0.1) is 24.8 Å². The Morgan fingerprint density at radius 2 is 1.05 bits per heavy atom. The van der Waals surface area contributed by atoms with Gasteiger partial charge in [-0.2, -0.15) is 0 Å². The molecule has 0 saturated heterocycles. The molecule has 0 spiro atoms. The Morgan fingerprint density at radius 1 is 0.662 bits per heavy atom. The number of thiol groups is 1.